The number of para-hydroxylation sites is 1. The zero-order valence-electron chi connectivity index (χ0n) is 14.8. The van der Waals surface area contributed by atoms with E-state index < -0.39 is 15.8 Å². The Morgan fingerprint density at radius 3 is 2.33 bits per heavy atom. The summed E-state index contributed by atoms with van der Waals surface area (Å²) < 4.78 is 39.9. The van der Waals surface area contributed by atoms with Gasteiger partial charge in [0.2, 0.25) is 15.9 Å². The second-order valence-electron chi connectivity index (χ2n) is 7.00. The molecule has 0 radical (unpaired) electrons. The molecule has 1 amide bonds. The van der Waals surface area contributed by atoms with Crippen LogP contribution in [0.1, 0.15) is 18.4 Å². The van der Waals surface area contributed by atoms with Gasteiger partial charge in [0.15, 0.2) is 0 Å². The third-order valence-electron chi connectivity index (χ3n) is 5.41. The molecule has 2 aliphatic heterocycles. The quantitative estimate of drug-likeness (QED) is 0.812. The average molecular weight is 388 g/mol. The van der Waals surface area contributed by atoms with Gasteiger partial charge in [-0.3, -0.25) is 4.79 Å². The van der Waals surface area contributed by atoms with Crippen molar-refractivity contribution in [3.05, 3.63) is 59.9 Å². The summed E-state index contributed by atoms with van der Waals surface area (Å²) in [4.78, 5) is 14.9. The maximum atomic E-state index is 13.1. The van der Waals surface area contributed by atoms with Crippen LogP contribution in [0.5, 0.6) is 0 Å². The summed E-state index contributed by atoms with van der Waals surface area (Å²) in [7, 11) is -3.65. The summed E-state index contributed by atoms with van der Waals surface area (Å²) in [6.07, 6.45) is 1.86. The number of rotatable bonds is 3. The van der Waals surface area contributed by atoms with Crippen LogP contribution in [0.15, 0.2) is 53.4 Å². The molecule has 2 aromatic carbocycles. The third-order valence-corrected chi connectivity index (χ3v) is 7.32. The molecule has 0 saturated carbocycles. The Balaban J connectivity index is 1.43. The number of amides is 1. The largest absolute Gasteiger partial charge is 0.312 e. The Kier molecular flexibility index (Phi) is 4.74. The highest BCUT2D eigenvalue weighted by Crippen LogP contribution is 2.32. The van der Waals surface area contributed by atoms with Crippen LogP contribution in [0, 0.1) is 11.7 Å². The van der Waals surface area contributed by atoms with Gasteiger partial charge in [-0.15, -0.1) is 0 Å². The first-order valence-electron chi connectivity index (χ1n) is 9.12. The molecule has 2 heterocycles. The van der Waals surface area contributed by atoms with Crippen molar-refractivity contribution in [2.45, 2.75) is 24.2 Å². The fourth-order valence-electron chi connectivity index (χ4n) is 3.89. The molecular formula is C20H21FN2O3S. The third kappa shape index (κ3) is 3.37. The smallest absolute Gasteiger partial charge is 0.243 e. The fourth-order valence-corrected chi connectivity index (χ4v) is 5.36. The van der Waals surface area contributed by atoms with Crippen molar-refractivity contribution < 1.29 is 17.6 Å². The van der Waals surface area contributed by atoms with Crippen molar-refractivity contribution >= 4 is 21.6 Å². The number of sulfonamides is 1. The first-order chi connectivity index (χ1) is 13.0. The monoisotopic (exact) mass is 388 g/mol. The molecule has 2 aromatic rings. The number of hydrogen-bond acceptors (Lipinski definition) is 3. The minimum absolute atomic E-state index is 0.0822. The van der Waals surface area contributed by atoms with Crippen LogP contribution in [0.3, 0.4) is 0 Å². The molecule has 0 unspecified atom stereocenters. The predicted octanol–water partition coefficient (Wildman–Crippen LogP) is 2.82. The molecular weight excluding hydrogens is 367 g/mol. The van der Waals surface area contributed by atoms with Gasteiger partial charge in [0.25, 0.3) is 0 Å². The molecule has 1 fully saturated rings. The fraction of sp³-hybridized carbons (Fsp3) is 0.350. The maximum Gasteiger partial charge on any atom is 0.243 e. The van der Waals surface area contributed by atoms with Gasteiger partial charge in [-0.25, -0.2) is 12.8 Å². The van der Waals surface area contributed by atoms with Crippen LogP contribution in [0.4, 0.5) is 10.1 Å². The van der Waals surface area contributed by atoms with E-state index in [1.807, 2.05) is 29.2 Å². The molecule has 27 heavy (non-hydrogen) atoms. The number of halogens is 1. The molecule has 0 bridgehead atoms. The van der Waals surface area contributed by atoms with Crippen molar-refractivity contribution in [1.29, 1.82) is 0 Å². The van der Waals surface area contributed by atoms with E-state index in [1.165, 1.54) is 22.0 Å². The Bertz CT molecular complexity index is 951. The van der Waals surface area contributed by atoms with Gasteiger partial charge >= 0.3 is 0 Å². The first kappa shape index (κ1) is 18.1. The maximum absolute atomic E-state index is 13.1. The summed E-state index contributed by atoms with van der Waals surface area (Å²) in [6, 6.07) is 12.8. The summed E-state index contributed by atoms with van der Waals surface area (Å²) in [5.74, 6) is -0.557. The van der Waals surface area contributed by atoms with Gasteiger partial charge in [0.05, 0.1) is 4.90 Å². The molecule has 0 atom stereocenters. The minimum atomic E-state index is -3.65. The Hall–Kier alpha value is -2.25. The second-order valence-corrected chi connectivity index (χ2v) is 8.94. The van der Waals surface area contributed by atoms with Gasteiger partial charge < -0.3 is 4.90 Å². The van der Waals surface area contributed by atoms with Crippen LogP contribution >= 0.6 is 0 Å². The molecule has 2 aliphatic rings. The molecule has 0 aromatic heterocycles. The summed E-state index contributed by atoms with van der Waals surface area (Å²) >= 11 is 0. The highest BCUT2D eigenvalue weighted by molar-refractivity contribution is 7.89. The minimum Gasteiger partial charge on any atom is -0.312 e. The molecule has 4 rings (SSSR count). The molecule has 0 aliphatic carbocycles. The number of carbonyl (C=O) groups is 1. The number of anilines is 1. The van der Waals surface area contributed by atoms with Crippen LogP contribution in [-0.2, 0) is 21.2 Å². The van der Waals surface area contributed by atoms with Crippen LogP contribution in [0.2, 0.25) is 0 Å². The normalized spacial score (nSPS) is 18.5. The van der Waals surface area contributed by atoms with E-state index in [1.54, 1.807) is 0 Å². The Morgan fingerprint density at radius 2 is 1.63 bits per heavy atom. The van der Waals surface area contributed by atoms with Crippen molar-refractivity contribution in [2.24, 2.45) is 5.92 Å². The Morgan fingerprint density at radius 1 is 0.963 bits per heavy atom. The predicted molar refractivity (Wildman–Crippen MR) is 100 cm³/mol. The van der Waals surface area contributed by atoms with Gasteiger partial charge in [-0.1, -0.05) is 18.2 Å². The zero-order valence-corrected chi connectivity index (χ0v) is 15.7. The molecule has 1 saturated heterocycles. The zero-order chi connectivity index (χ0) is 19.0. The van der Waals surface area contributed by atoms with Crippen molar-refractivity contribution in [1.82, 2.24) is 4.31 Å². The van der Waals surface area contributed by atoms with E-state index in [0.717, 1.165) is 24.2 Å². The average Bonchev–Trinajstić information content (AvgIpc) is 3.12. The van der Waals surface area contributed by atoms with E-state index in [2.05, 4.69) is 0 Å². The van der Waals surface area contributed by atoms with Crippen molar-refractivity contribution in [3.8, 4) is 0 Å². The highest BCUT2D eigenvalue weighted by Gasteiger charge is 2.35. The lowest BCUT2D eigenvalue weighted by Gasteiger charge is -2.32. The summed E-state index contributed by atoms with van der Waals surface area (Å²) in [5, 5.41) is 0. The molecule has 0 spiro atoms. The number of hydrogen-bond donors (Lipinski definition) is 0. The SMILES string of the molecule is O=C(C1CCN(S(=O)(=O)c2ccc(F)cc2)CC1)N1CCc2ccccc21. The molecule has 142 valence electrons. The number of carbonyl (C=O) groups excluding carboxylic acids is 1. The summed E-state index contributed by atoms with van der Waals surface area (Å²) in [6.45, 7) is 1.28. The molecule has 0 N–H and O–H groups in total. The van der Waals surface area contributed by atoms with Gasteiger partial charge in [-0.05, 0) is 55.2 Å². The first-order valence-corrected chi connectivity index (χ1v) is 10.6. The number of fused-ring (bicyclic) bond motifs is 1. The van der Waals surface area contributed by atoms with Crippen LogP contribution in [-0.4, -0.2) is 38.3 Å². The topological polar surface area (TPSA) is 57.7 Å². The van der Waals surface area contributed by atoms with Crippen LogP contribution < -0.4 is 4.90 Å². The lowest BCUT2D eigenvalue weighted by molar-refractivity contribution is -0.123. The van der Waals surface area contributed by atoms with Crippen molar-refractivity contribution in [2.75, 3.05) is 24.5 Å². The van der Waals surface area contributed by atoms with E-state index in [4.69, 9.17) is 0 Å². The van der Waals surface area contributed by atoms with Crippen LogP contribution in [0.25, 0.3) is 0 Å². The molecule has 7 heteroatoms. The van der Waals surface area contributed by atoms with Crippen molar-refractivity contribution in [3.63, 3.8) is 0 Å². The van der Waals surface area contributed by atoms with Gasteiger partial charge in [-0.2, -0.15) is 4.31 Å². The van der Waals surface area contributed by atoms with E-state index in [0.29, 0.717) is 32.5 Å². The lowest BCUT2D eigenvalue weighted by Crippen LogP contribution is -2.44. The number of piperidine rings is 1. The van der Waals surface area contributed by atoms with Gasteiger partial charge in [0.1, 0.15) is 5.82 Å². The highest BCUT2D eigenvalue weighted by atomic mass is 32.2. The van der Waals surface area contributed by atoms with E-state index in [9.17, 15) is 17.6 Å². The van der Waals surface area contributed by atoms with E-state index in [-0.39, 0.29) is 16.7 Å². The second kappa shape index (κ2) is 7.05. The Labute approximate surface area is 158 Å². The van der Waals surface area contributed by atoms with Gasteiger partial charge in [0, 0.05) is 31.2 Å². The number of benzene rings is 2. The number of nitrogens with zero attached hydrogens (tertiary/aromatic N) is 2. The lowest BCUT2D eigenvalue weighted by atomic mass is 9.96. The molecule has 5 nitrogen and oxygen atoms in total. The summed E-state index contributed by atoms with van der Waals surface area (Å²) in [5.41, 5.74) is 2.16. The standard InChI is InChI=1S/C20H21FN2O3S/c21-17-5-7-18(8-6-17)27(25,26)22-12-9-16(10-13-22)20(24)23-14-11-15-3-1-2-4-19(15)23/h1-8,16H,9-14H2. The van der Waals surface area contributed by atoms with E-state index >= 15 is 0 Å².